The summed E-state index contributed by atoms with van der Waals surface area (Å²) >= 11 is 0. The number of rotatable bonds is 3. The van der Waals surface area contributed by atoms with Gasteiger partial charge in [-0.2, -0.15) is 0 Å². The summed E-state index contributed by atoms with van der Waals surface area (Å²) in [5.41, 5.74) is 0.291. The van der Waals surface area contributed by atoms with Gasteiger partial charge in [0.25, 0.3) is 0 Å². The predicted octanol–water partition coefficient (Wildman–Crippen LogP) is 2.08. The lowest BCUT2D eigenvalue weighted by atomic mass is 9.88. The molecule has 0 spiro atoms. The van der Waals surface area contributed by atoms with Crippen molar-refractivity contribution in [3.05, 3.63) is 35.4 Å². The van der Waals surface area contributed by atoms with Crippen LogP contribution in [0.25, 0.3) is 0 Å². The summed E-state index contributed by atoms with van der Waals surface area (Å²) in [5.74, 6) is -3.29. The maximum Gasteiger partial charge on any atom is 0.308 e. The lowest BCUT2D eigenvalue weighted by Gasteiger charge is -2.16. The molecule has 98 valence electrons. The van der Waals surface area contributed by atoms with Crippen molar-refractivity contribution in [2.24, 2.45) is 5.92 Å². The van der Waals surface area contributed by atoms with Crippen molar-refractivity contribution in [3.63, 3.8) is 0 Å². The van der Waals surface area contributed by atoms with E-state index >= 15 is 0 Å². The zero-order chi connectivity index (χ0) is 13.3. The third-order valence-electron chi connectivity index (χ3n) is 3.52. The van der Waals surface area contributed by atoms with Gasteiger partial charge in [-0.25, -0.2) is 8.78 Å². The number of hydrogen-bond donors (Lipinski definition) is 1. The molecule has 0 radical (unpaired) electrons. The van der Waals surface area contributed by atoms with E-state index in [2.05, 4.69) is 0 Å². The number of carboxylic acids is 1. The van der Waals surface area contributed by atoms with E-state index in [-0.39, 0.29) is 0 Å². The van der Waals surface area contributed by atoms with Crippen LogP contribution in [-0.4, -0.2) is 35.6 Å². The molecule has 5 heteroatoms. The molecule has 0 amide bonds. The molecule has 0 unspecified atom stereocenters. The Morgan fingerprint density at radius 3 is 2.72 bits per heavy atom. The monoisotopic (exact) mass is 255 g/mol. The van der Waals surface area contributed by atoms with Crippen LogP contribution in [0.15, 0.2) is 18.2 Å². The molecule has 3 nitrogen and oxygen atoms in total. The largest absolute Gasteiger partial charge is 0.481 e. The fourth-order valence-electron chi connectivity index (χ4n) is 2.51. The van der Waals surface area contributed by atoms with Crippen LogP contribution in [0.2, 0.25) is 0 Å². The first-order valence-corrected chi connectivity index (χ1v) is 5.93. The van der Waals surface area contributed by atoms with E-state index < -0.39 is 29.4 Å². The van der Waals surface area contributed by atoms with Crippen molar-refractivity contribution >= 4 is 5.97 Å². The summed E-state index contributed by atoms with van der Waals surface area (Å²) in [7, 11) is 0. The number of nitrogens with zero attached hydrogens (tertiary/aromatic N) is 1. The molecule has 18 heavy (non-hydrogen) atoms. The highest BCUT2D eigenvalue weighted by Crippen LogP contribution is 2.34. The summed E-state index contributed by atoms with van der Waals surface area (Å²) in [6, 6.07) is 3.33. The van der Waals surface area contributed by atoms with E-state index in [4.69, 9.17) is 0 Å². The number of carboxylic acid groups (broad SMARTS) is 1. The molecule has 1 aromatic rings. The third kappa shape index (κ3) is 2.36. The molecule has 0 bridgehead atoms. The van der Waals surface area contributed by atoms with Crippen LogP contribution in [0.1, 0.15) is 18.4 Å². The molecule has 2 rings (SSSR count). The Bertz CT molecular complexity index is 464. The van der Waals surface area contributed by atoms with Crippen LogP contribution in [0.3, 0.4) is 0 Å². The van der Waals surface area contributed by atoms with Gasteiger partial charge in [0.15, 0.2) is 0 Å². The smallest absolute Gasteiger partial charge is 0.308 e. The van der Waals surface area contributed by atoms with Gasteiger partial charge in [0.05, 0.1) is 5.92 Å². The van der Waals surface area contributed by atoms with Crippen molar-refractivity contribution in [1.82, 2.24) is 4.90 Å². The molecular formula is C13H15F2NO2. The van der Waals surface area contributed by atoms with Crippen LogP contribution in [-0.2, 0) is 4.79 Å². The highest BCUT2D eigenvalue weighted by molar-refractivity contribution is 5.72. The van der Waals surface area contributed by atoms with Crippen molar-refractivity contribution < 1.29 is 18.7 Å². The summed E-state index contributed by atoms with van der Waals surface area (Å²) in [6.07, 6.45) is 0. The predicted molar refractivity (Wildman–Crippen MR) is 62.3 cm³/mol. The molecule has 1 aromatic carbocycles. The van der Waals surface area contributed by atoms with E-state index in [0.29, 0.717) is 18.7 Å². The topological polar surface area (TPSA) is 40.5 Å². The van der Waals surface area contributed by atoms with Crippen LogP contribution in [0.5, 0.6) is 0 Å². The van der Waals surface area contributed by atoms with Gasteiger partial charge in [0.2, 0.25) is 0 Å². The second-order valence-corrected chi connectivity index (χ2v) is 4.57. The summed E-state index contributed by atoms with van der Waals surface area (Å²) < 4.78 is 26.6. The van der Waals surface area contributed by atoms with Gasteiger partial charge < -0.3 is 10.0 Å². The molecule has 1 fully saturated rings. The Morgan fingerprint density at radius 1 is 1.44 bits per heavy atom. The molecule has 1 aliphatic heterocycles. The molecule has 2 atom stereocenters. The molecule has 0 saturated carbocycles. The molecule has 0 aromatic heterocycles. The first-order valence-electron chi connectivity index (χ1n) is 5.93. The minimum absolute atomic E-state index is 0.291. The van der Waals surface area contributed by atoms with E-state index in [1.807, 2.05) is 11.8 Å². The summed E-state index contributed by atoms with van der Waals surface area (Å²) in [4.78, 5) is 13.2. The number of benzene rings is 1. The van der Waals surface area contributed by atoms with E-state index in [0.717, 1.165) is 12.6 Å². The van der Waals surface area contributed by atoms with Gasteiger partial charge in [-0.15, -0.1) is 0 Å². The van der Waals surface area contributed by atoms with Crippen LogP contribution in [0.4, 0.5) is 8.78 Å². The van der Waals surface area contributed by atoms with Crippen molar-refractivity contribution in [2.45, 2.75) is 12.8 Å². The molecular weight excluding hydrogens is 240 g/mol. The van der Waals surface area contributed by atoms with E-state index in [9.17, 15) is 18.7 Å². The van der Waals surface area contributed by atoms with Gasteiger partial charge in [0, 0.05) is 25.1 Å². The van der Waals surface area contributed by atoms with Gasteiger partial charge in [-0.3, -0.25) is 4.79 Å². The molecule has 1 aliphatic rings. The molecule has 1 N–H and O–H groups in total. The van der Waals surface area contributed by atoms with Gasteiger partial charge in [-0.1, -0.05) is 13.0 Å². The highest BCUT2D eigenvalue weighted by atomic mass is 19.1. The van der Waals surface area contributed by atoms with Crippen LogP contribution in [0, 0.1) is 17.6 Å². The Balaban J connectivity index is 2.32. The number of halogens is 2. The maximum atomic E-state index is 13.7. The highest BCUT2D eigenvalue weighted by Gasteiger charge is 2.39. The fraction of sp³-hybridized carbons (Fsp3) is 0.462. The lowest BCUT2D eigenvalue weighted by molar-refractivity contribution is -0.141. The maximum absolute atomic E-state index is 13.7. The minimum Gasteiger partial charge on any atom is -0.481 e. The number of aliphatic carboxylic acids is 1. The normalized spacial score (nSPS) is 24.4. The molecule has 1 heterocycles. The second-order valence-electron chi connectivity index (χ2n) is 4.57. The van der Waals surface area contributed by atoms with Crippen LogP contribution >= 0.6 is 0 Å². The van der Waals surface area contributed by atoms with Crippen LogP contribution < -0.4 is 0 Å². The first kappa shape index (κ1) is 13.0. The van der Waals surface area contributed by atoms with Crippen molar-refractivity contribution in [3.8, 4) is 0 Å². The summed E-state index contributed by atoms with van der Waals surface area (Å²) in [5, 5.41) is 9.18. The first-order chi connectivity index (χ1) is 8.52. The molecule has 0 aliphatic carbocycles. The zero-order valence-electron chi connectivity index (χ0n) is 10.1. The fourth-order valence-corrected chi connectivity index (χ4v) is 2.51. The van der Waals surface area contributed by atoms with Gasteiger partial charge in [-0.05, 0) is 18.2 Å². The number of likely N-dealkylation sites (N-methyl/N-ethyl adjacent to an activating group) is 1. The SMILES string of the molecule is CCN1C[C@H](c2ccc(F)cc2F)[C@H](C(=O)O)C1. The standard InChI is InChI=1S/C13H15F2NO2/c1-2-16-6-10(11(7-16)13(17)18)9-4-3-8(14)5-12(9)15/h3-5,10-11H,2,6-7H2,1H3,(H,17,18)/t10-,11-/m1/s1. The van der Waals surface area contributed by atoms with E-state index in [1.165, 1.54) is 12.1 Å². The Hall–Kier alpha value is -1.49. The average Bonchev–Trinajstić information content (AvgIpc) is 2.73. The Morgan fingerprint density at radius 2 is 2.17 bits per heavy atom. The Kier molecular flexibility index (Phi) is 3.61. The summed E-state index contributed by atoms with van der Waals surface area (Å²) in [6.45, 7) is 3.56. The number of hydrogen-bond acceptors (Lipinski definition) is 2. The quantitative estimate of drug-likeness (QED) is 0.899. The third-order valence-corrected chi connectivity index (χ3v) is 3.52. The number of likely N-dealkylation sites (tertiary alicyclic amines) is 1. The second kappa shape index (κ2) is 5.02. The van der Waals surface area contributed by atoms with Gasteiger partial charge in [0.1, 0.15) is 11.6 Å². The lowest BCUT2D eigenvalue weighted by Crippen LogP contribution is -2.23. The minimum atomic E-state index is -0.931. The Labute approximate surface area is 104 Å². The number of carbonyl (C=O) groups is 1. The average molecular weight is 255 g/mol. The van der Waals surface area contributed by atoms with Gasteiger partial charge >= 0.3 is 5.97 Å². The van der Waals surface area contributed by atoms with Crippen molar-refractivity contribution in [2.75, 3.05) is 19.6 Å². The zero-order valence-corrected chi connectivity index (χ0v) is 10.1. The van der Waals surface area contributed by atoms with E-state index in [1.54, 1.807) is 0 Å². The van der Waals surface area contributed by atoms with Crippen molar-refractivity contribution in [1.29, 1.82) is 0 Å². The molecule has 1 saturated heterocycles.